The van der Waals surface area contributed by atoms with E-state index in [1.165, 1.54) is 0 Å². The second kappa shape index (κ2) is 8.32. The Hall–Kier alpha value is -2.10. The van der Waals surface area contributed by atoms with E-state index in [1.807, 2.05) is 24.3 Å². The molecule has 0 aliphatic heterocycles. The smallest absolute Gasteiger partial charge is 0.332 e. The molecule has 1 aliphatic carbocycles. The molecule has 0 heterocycles. The topological polar surface area (TPSA) is 52.6 Å². The van der Waals surface area contributed by atoms with Gasteiger partial charge in [-0.05, 0) is 49.0 Å². The first-order chi connectivity index (χ1) is 12.1. The molecular formula is C21H28O4. The van der Waals surface area contributed by atoms with Crippen LogP contribution in [0.4, 0.5) is 0 Å². The Kier molecular flexibility index (Phi) is 6.40. The number of carbonyl (C=O) groups excluding carboxylic acids is 2. The summed E-state index contributed by atoms with van der Waals surface area (Å²) in [7, 11) is 0. The summed E-state index contributed by atoms with van der Waals surface area (Å²) >= 11 is 0. The number of fused-ring (bicyclic) bond motifs is 1. The second-order valence-corrected chi connectivity index (χ2v) is 6.19. The number of esters is 2. The molecular weight excluding hydrogens is 316 g/mol. The molecule has 0 atom stereocenters. The van der Waals surface area contributed by atoms with Gasteiger partial charge in [-0.25, -0.2) is 0 Å². The highest BCUT2D eigenvalue weighted by Crippen LogP contribution is 2.51. The Morgan fingerprint density at radius 2 is 1.44 bits per heavy atom. The molecule has 25 heavy (non-hydrogen) atoms. The van der Waals surface area contributed by atoms with Crippen LogP contribution in [0, 0.1) is 0 Å². The van der Waals surface area contributed by atoms with Crippen molar-refractivity contribution < 1.29 is 19.1 Å². The standard InChI is InChI=1S/C21H28O4/c1-5-11-15-16-13-9-10-14-18(16)21(17(15)12-6-2,19(22)24-7-3)20(23)25-8-4/h9-10,13-14H,5-8,11-12H2,1-4H3. The van der Waals surface area contributed by atoms with E-state index in [9.17, 15) is 9.59 Å². The fraction of sp³-hybridized carbons (Fsp3) is 0.524. The largest absolute Gasteiger partial charge is 0.465 e. The first-order valence-electron chi connectivity index (χ1n) is 9.26. The van der Waals surface area contributed by atoms with Crippen molar-refractivity contribution in [1.29, 1.82) is 0 Å². The van der Waals surface area contributed by atoms with E-state index < -0.39 is 17.4 Å². The van der Waals surface area contributed by atoms with Gasteiger partial charge in [0.15, 0.2) is 0 Å². The number of carbonyl (C=O) groups is 2. The number of benzene rings is 1. The summed E-state index contributed by atoms with van der Waals surface area (Å²) in [6.07, 6.45) is 3.28. The third kappa shape index (κ3) is 3.10. The summed E-state index contributed by atoms with van der Waals surface area (Å²) in [5.41, 5.74) is 2.19. The average Bonchev–Trinajstić information content (AvgIpc) is 2.87. The molecule has 2 rings (SSSR count). The SMILES string of the molecule is CCCC1=C(CCC)C(C(=O)OCC)(C(=O)OCC)c2ccccc21. The van der Waals surface area contributed by atoms with Gasteiger partial charge in [0.05, 0.1) is 13.2 Å². The molecule has 0 saturated carbocycles. The van der Waals surface area contributed by atoms with Crippen LogP contribution in [0.25, 0.3) is 5.57 Å². The van der Waals surface area contributed by atoms with Crippen molar-refractivity contribution in [3.05, 3.63) is 41.0 Å². The molecule has 0 fully saturated rings. The van der Waals surface area contributed by atoms with Crippen LogP contribution >= 0.6 is 0 Å². The highest BCUT2D eigenvalue weighted by molar-refractivity contribution is 6.15. The fourth-order valence-electron chi connectivity index (χ4n) is 3.78. The van der Waals surface area contributed by atoms with E-state index in [2.05, 4.69) is 13.8 Å². The van der Waals surface area contributed by atoms with Gasteiger partial charge in [-0.2, -0.15) is 0 Å². The van der Waals surface area contributed by atoms with Crippen LogP contribution in [0.2, 0.25) is 0 Å². The first-order valence-corrected chi connectivity index (χ1v) is 9.26. The maximum absolute atomic E-state index is 13.1. The molecule has 136 valence electrons. The van der Waals surface area contributed by atoms with Gasteiger partial charge in [-0.15, -0.1) is 0 Å². The van der Waals surface area contributed by atoms with Crippen LogP contribution in [-0.2, 0) is 24.5 Å². The summed E-state index contributed by atoms with van der Waals surface area (Å²) in [6, 6.07) is 7.67. The van der Waals surface area contributed by atoms with E-state index in [1.54, 1.807) is 13.8 Å². The Bertz CT molecular complexity index is 654. The molecule has 0 bridgehead atoms. The van der Waals surface area contributed by atoms with Crippen molar-refractivity contribution in [1.82, 2.24) is 0 Å². The van der Waals surface area contributed by atoms with Gasteiger partial charge in [-0.1, -0.05) is 51.0 Å². The van der Waals surface area contributed by atoms with Crippen molar-refractivity contribution in [3.8, 4) is 0 Å². The van der Waals surface area contributed by atoms with E-state index in [0.717, 1.165) is 36.0 Å². The van der Waals surface area contributed by atoms with E-state index >= 15 is 0 Å². The van der Waals surface area contributed by atoms with Crippen LogP contribution in [0.1, 0.15) is 64.5 Å². The lowest BCUT2D eigenvalue weighted by Crippen LogP contribution is -2.46. The van der Waals surface area contributed by atoms with Crippen molar-refractivity contribution >= 4 is 17.5 Å². The average molecular weight is 344 g/mol. The van der Waals surface area contributed by atoms with E-state index in [0.29, 0.717) is 12.0 Å². The minimum atomic E-state index is -1.46. The molecule has 0 aromatic heterocycles. The Balaban J connectivity index is 2.80. The first kappa shape index (κ1) is 19.2. The van der Waals surface area contributed by atoms with Crippen LogP contribution in [0.5, 0.6) is 0 Å². The predicted molar refractivity (Wildman–Crippen MR) is 98.1 cm³/mol. The third-order valence-electron chi connectivity index (χ3n) is 4.64. The zero-order valence-corrected chi connectivity index (χ0v) is 15.7. The highest BCUT2D eigenvalue weighted by Gasteiger charge is 2.58. The Morgan fingerprint density at radius 3 is 1.96 bits per heavy atom. The minimum absolute atomic E-state index is 0.227. The number of hydrogen-bond acceptors (Lipinski definition) is 4. The van der Waals surface area contributed by atoms with Gasteiger partial charge in [-0.3, -0.25) is 9.59 Å². The van der Waals surface area contributed by atoms with Gasteiger partial charge in [0.25, 0.3) is 0 Å². The molecule has 0 N–H and O–H groups in total. The molecule has 4 heteroatoms. The molecule has 0 saturated heterocycles. The summed E-state index contributed by atoms with van der Waals surface area (Å²) in [5.74, 6) is -1.04. The van der Waals surface area contributed by atoms with Crippen LogP contribution < -0.4 is 0 Å². The normalized spacial score (nSPS) is 15.0. The number of allylic oxidation sites excluding steroid dienone is 1. The summed E-state index contributed by atoms with van der Waals surface area (Å²) in [6.45, 7) is 8.13. The molecule has 1 aromatic carbocycles. The molecule has 4 nitrogen and oxygen atoms in total. The van der Waals surface area contributed by atoms with Gasteiger partial charge >= 0.3 is 11.9 Å². The van der Waals surface area contributed by atoms with Gasteiger partial charge in [0.1, 0.15) is 0 Å². The maximum Gasteiger partial charge on any atom is 0.332 e. The number of ether oxygens (including phenoxy) is 2. The van der Waals surface area contributed by atoms with Gasteiger partial charge in [0.2, 0.25) is 5.41 Å². The molecule has 1 aliphatic rings. The fourth-order valence-corrected chi connectivity index (χ4v) is 3.78. The van der Waals surface area contributed by atoms with E-state index in [-0.39, 0.29) is 13.2 Å². The van der Waals surface area contributed by atoms with Crippen molar-refractivity contribution in [3.63, 3.8) is 0 Å². The maximum atomic E-state index is 13.1. The monoisotopic (exact) mass is 344 g/mol. The number of hydrogen-bond donors (Lipinski definition) is 0. The van der Waals surface area contributed by atoms with Gasteiger partial charge < -0.3 is 9.47 Å². The Morgan fingerprint density at radius 1 is 0.880 bits per heavy atom. The second-order valence-electron chi connectivity index (χ2n) is 6.19. The summed E-state index contributed by atoms with van der Waals surface area (Å²) in [5, 5.41) is 0. The predicted octanol–water partition coefficient (Wildman–Crippen LogP) is 4.42. The quantitative estimate of drug-likeness (QED) is 0.517. The summed E-state index contributed by atoms with van der Waals surface area (Å²) in [4.78, 5) is 26.2. The third-order valence-corrected chi connectivity index (χ3v) is 4.64. The Labute approximate surface area is 150 Å². The molecule has 0 spiro atoms. The van der Waals surface area contributed by atoms with Gasteiger partial charge in [0, 0.05) is 0 Å². The van der Waals surface area contributed by atoms with Crippen LogP contribution in [-0.4, -0.2) is 25.2 Å². The molecule has 0 radical (unpaired) electrons. The number of rotatable bonds is 8. The van der Waals surface area contributed by atoms with Crippen molar-refractivity contribution in [2.45, 2.75) is 58.8 Å². The molecule has 0 unspecified atom stereocenters. The lowest BCUT2D eigenvalue weighted by molar-refractivity contribution is -0.162. The zero-order valence-electron chi connectivity index (χ0n) is 15.7. The lowest BCUT2D eigenvalue weighted by atomic mass is 9.75. The van der Waals surface area contributed by atoms with Crippen molar-refractivity contribution in [2.24, 2.45) is 0 Å². The highest BCUT2D eigenvalue weighted by atomic mass is 16.6. The lowest BCUT2D eigenvalue weighted by Gasteiger charge is -2.29. The van der Waals surface area contributed by atoms with Crippen molar-refractivity contribution in [2.75, 3.05) is 13.2 Å². The van der Waals surface area contributed by atoms with E-state index in [4.69, 9.17) is 9.47 Å². The van der Waals surface area contributed by atoms with Crippen LogP contribution in [0.3, 0.4) is 0 Å². The molecule has 1 aromatic rings. The van der Waals surface area contributed by atoms with Crippen LogP contribution in [0.15, 0.2) is 29.8 Å². The zero-order chi connectivity index (χ0) is 18.4. The summed E-state index contributed by atoms with van der Waals surface area (Å²) < 4.78 is 10.8. The molecule has 0 amide bonds. The minimum Gasteiger partial charge on any atom is -0.465 e.